The van der Waals surface area contributed by atoms with Crippen molar-refractivity contribution in [3.63, 3.8) is 0 Å². The van der Waals surface area contributed by atoms with Crippen molar-refractivity contribution in [1.82, 2.24) is 9.38 Å². The minimum atomic E-state index is -0.0722. The van der Waals surface area contributed by atoms with E-state index < -0.39 is 0 Å². The van der Waals surface area contributed by atoms with Gasteiger partial charge in [-0.05, 0) is 24.3 Å². The fourth-order valence-electron chi connectivity index (χ4n) is 2.61. The molecule has 0 saturated carbocycles. The summed E-state index contributed by atoms with van der Waals surface area (Å²) in [7, 11) is 0. The van der Waals surface area contributed by atoms with Crippen LogP contribution < -0.4 is 5.32 Å². The molecule has 25 heavy (non-hydrogen) atoms. The average molecular weight is 368 g/mol. The molecule has 0 saturated heterocycles. The fraction of sp³-hybridized carbons (Fsp3) is 0.0526. The molecule has 0 atom stereocenters. The zero-order valence-corrected chi connectivity index (χ0v) is 14.7. The summed E-state index contributed by atoms with van der Waals surface area (Å²) in [6.45, 7) is 0. The fourth-order valence-corrected chi connectivity index (χ4v) is 3.61. The molecule has 0 unspecified atom stereocenters. The number of aromatic nitrogens is 2. The van der Waals surface area contributed by atoms with E-state index in [1.807, 2.05) is 46.3 Å². The van der Waals surface area contributed by atoms with Crippen molar-refractivity contribution in [2.45, 2.75) is 6.42 Å². The molecule has 124 valence electrons. The minimum absolute atomic E-state index is 0.0722. The van der Waals surface area contributed by atoms with Crippen molar-refractivity contribution >= 4 is 39.5 Å². The summed E-state index contributed by atoms with van der Waals surface area (Å²) in [5, 5.41) is 5.50. The molecule has 6 heteroatoms. The van der Waals surface area contributed by atoms with Crippen molar-refractivity contribution in [1.29, 1.82) is 0 Å². The number of imidazole rings is 1. The van der Waals surface area contributed by atoms with Crippen molar-refractivity contribution in [2.75, 3.05) is 5.32 Å². The number of carbonyl (C=O) groups is 1. The highest BCUT2D eigenvalue weighted by atomic mass is 35.5. The lowest BCUT2D eigenvalue weighted by molar-refractivity contribution is -0.115. The predicted molar refractivity (Wildman–Crippen MR) is 102 cm³/mol. The average Bonchev–Trinajstić information content (AvgIpc) is 3.20. The van der Waals surface area contributed by atoms with E-state index >= 15 is 0 Å². The molecule has 1 N–H and O–H groups in total. The molecule has 0 aliphatic heterocycles. The summed E-state index contributed by atoms with van der Waals surface area (Å²) < 4.78 is 1.98. The Labute approximate surface area is 153 Å². The van der Waals surface area contributed by atoms with Crippen LogP contribution >= 0.6 is 22.9 Å². The summed E-state index contributed by atoms with van der Waals surface area (Å²) in [6.07, 6.45) is 2.26. The van der Waals surface area contributed by atoms with Gasteiger partial charge in [0.2, 0.25) is 5.91 Å². The first-order chi connectivity index (χ1) is 12.2. The zero-order chi connectivity index (χ0) is 17.2. The van der Waals surface area contributed by atoms with E-state index in [9.17, 15) is 4.79 Å². The summed E-state index contributed by atoms with van der Waals surface area (Å²) in [6, 6.07) is 17.1. The quantitative estimate of drug-likeness (QED) is 0.557. The van der Waals surface area contributed by atoms with Crippen LogP contribution in [0.5, 0.6) is 0 Å². The van der Waals surface area contributed by atoms with Crippen LogP contribution in [0.25, 0.3) is 16.2 Å². The number of halogens is 1. The molecule has 0 bridgehead atoms. The van der Waals surface area contributed by atoms with Gasteiger partial charge in [0, 0.05) is 33.5 Å². The van der Waals surface area contributed by atoms with E-state index in [0.717, 1.165) is 27.6 Å². The molecule has 0 spiro atoms. The molecule has 2 aromatic heterocycles. The maximum absolute atomic E-state index is 12.3. The van der Waals surface area contributed by atoms with Crippen LogP contribution in [0, 0.1) is 0 Å². The van der Waals surface area contributed by atoms with Crippen LogP contribution in [0.4, 0.5) is 5.69 Å². The number of nitrogens with one attached hydrogen (secondary N) is 1. The Morgan fingerprint density at radius 2 is 1.88 bits per heavy atom. The molecular weight excluding hydrogens is 354 g/mol. The molecule has 4 rings (SSSR count). The predicted octanol–water partition coefficient (Wildman–Crippen LogP) is 4.90. The number of carbonyl (C=O) groups excluding carboxylic acids is 1. The van der Waals surface area contributed by atoms with Crippen LogP contribution in [0.2, 0.25) is 5.02 Å². The number of hydrogen-bond acceptors (Lipinski definition) is 3. The van der Waals surface area contributed by atoms with E-state index in [1.165, 1.54) is 11.3 Å². The van der Waals surface area contributed by atoms with E-state index in [4.69, 9.17) is 11.6 Å². The Morgan fingerprint density at radius 1 is 1.12 bits per heavy atom. The van der Waals surface area contributed by atoms with Gasteiger partial charge < -0.3 is 5.32 Å². The highest BCUT2D eigenvalue weighted by Gasteiger charge is 2.12. The van der Waals surface area contributed by atoms with Gasteiger partial charge >= 0.3 is 0 Å². The van der Waals surface area contributed by atoms with E-state index in [0.29, 0.717) is 5.02 Å². The van der Waals surface area contributed by atoms with Gasteiger partial charge in [0.15, 0.2) is 4.96 Å². The number of rotatable bonds is 4. The first-order valence-electron chi connectivity index (χ1n) is 7.75. The minimum Gasteiger partial charge on any atom is -0.326 e. The van der Waals surface area contributed by atoms with Gasteiger partial charge in [0.05, 0.1) is 12.1 Å². The molecule has 2 heterocycles. The third kappa shape index (κ3) is 3.43. The standard InChI is InChI=1S/C19H14ClN3OS/c20-14-6-8-15(9-7-14)21-18(24)10-16-12-25-19-22-17(11-23(16)19)13-4-2-1-3-5-13/h1-9,11-12H,10H2,(H,21,24). The van der Waals surface area contributed by atoms with Gasteiger partial charge in [0.1, 0.15) is 0 Å². The van der Waals surface area contributed by atoms with Gasteiger partial charge in [-0.1, -0.05) is 41.9 Å². The second-order valence-corrected chi connectivity index (χ2v) is 6.88. The molecule has 2 aromatic carbocycles. The lowest BCUT2D eigenvalue weighted by atomic mass is 10.2. The van der Waals surface area contributed by atoms with Crippen LogP contribution in [0.3, 0.4) is 0 Å². The van der Waals surface area contributed by atoms with E-state index in [1.54, 1.807) is 24.3 Å². The van der Waals surface area contributed by atoms with Crippen LogP contribution in [0.15, 0.2) is 66.2 Å². The number of fused-ring (bicyclic) bond motifs is 1. The Hall–Kier alpha value is -2.63. The number of thiazole rings is 1. The third-order valence-electron chi connectivity index (χ3n) is 3.82. The second kappa shape index (κ2) is 6.70. The summed E-state index contributed by atoms with van der Waals surface area (Å²) in [5.74, 6) is -0.0722. The summed E-state index contributed by atoms with van der Waals surface area (Å²) >= 11 is 7.39. The molecule has 0 fully saturated rings. The maximum Gasteiger partial charge on any atom is 0.230 e. The van der Waals surface area contributed by atoms with Gasteiger partial charge in [-0.15, -0.1) is 11.3 Å². The number of benzene rings is 2. The molecular formula is C19H14ClN3OS. The SMILES string of the molecule is O=C(Cc1csc2nc(-c3ccccc3)cn12)Nc1ccc(Cl)cc1. The second-order valence-electron chi connectivity index (χ2n) is 5.60. The van der Waals surface area contributed by atoms with Crippen molar-refractivity contribution in [2.24, 2.45) is 0 Å². The molecule has 0 radical (unpaired) electrons. The summed E-state index contributed by atoms with van der Waals surface area (Å²) in [4.78, 5) is 17.8. The topological polar surface area (TPSA) is 46.4 Å². The Kier molecular flexibility index (Phi) is 4.26. The lowest BCUT2D eigenvalue weighted by Crippen LogP contribution is -2.15. The Bertz CT molecular complexity index is 1020. The van der Waals surface area contributed by atoms with Gasteiger partial charge in [-0.25, -0.2) is 4.98 Å². The largest absolute Gasteiger partial charge is 0.326 e. The number of amides is 1. The molecule has 1 amide bonds. The molecule has 4 nitrogen and oxygen atoms in total. The third-order valence-corrected chi connectivity index (χ3v) is 4.96. The van der Waals surface area contributed by atoms with Crippen LogP contribution in [-0.4, -0.2) is 15.3 Å². The van der Waals surface area contributed by atoms with E-state index in [2.05, 4.69) is 10.3 Å². The molecule has 0 aliphatic carbocycles. The maximum atomic E-state index is 12.3. The van der Waals surface area contributed by atoms with Gasteiger partial charge in [-0.3, -0.25) is 9.20 Å². The zero-order valence-electron chi connectivity index (χ0n) is 13.1. The first kappa shape index (κ1) is 15.9. The highest BCUT2D eigenvalue weighted by molar-refractivity contribution is 7.15. The van der Waals surface area contributed by atoms with Gasteiger partial charge in [-0.2, -0.15) is 0 Å². The number of anilines is 1. The highest BCUT2D eigenvalue weighted by Crippen LogP contribution is 2.24. The normalized spacial score (nSPS) is 10.9. The van der Waals surface area contributed by atoms with Crippen LogP contribution in [-0.2, 0) is 11.2 Å². The van der Waals surface area contributed by atoms with Crippen molar-refractivity contribution in [3.8, 4) is 11.3 Å². The summed E-state index contributed by atoms with van der Waals surface area (Å²) in [5.41, 5.74) is 3.62. The van der Waals surface area contributed by atoms with Crippen molar-refractivity contribution in [3.05, 3.63) is 76.9 Å². The molecule has 0 aliphatic rings. The Balaban J connectivity index is 1.54. The molecule has 4 aromatic rings. The first-order valence-corrected chi connectivity index (χ1v) is 9.01. The smallest absolute Gasteiger partial charge is 0.230 e. The number of hydrogen-bond donors (Lipinski definition) is 1. The Morgan fingerprint density at radius 3 is 2.64 bits per heavy atom. The van der Waals surface area contributed by atoms with E-state index in [-0.39, 0.29) is 12.3 Å². The number of nitrogens with zero attached hydrogens (tertiary/aromatic N) is 2. The van der Waals surface area contributed by atoms with Gasteiger partial charge in [0.25, 0.3) is 0 Å². The van der Waals surface area contributed by atoms with Crippen LogP contribution in [0.1, 0.15) is 5.69 Å². The lowest BCUT2D eigenvalue weighted by Gasteiger charge is -2.04. The monoisotopic (exact) mass is 367 g/mol. The van der Waals surface area contributed by atoms with Crippen molar-refractivity contribution < 1.29 is 4.79 Å².